The van der Waals surface area contributed by atoms with E-state index < -0.39 is 0 Å². The molecule has 2 heterocycles. The van der Waals surface area contributed by atoms with Crippen molar-refractivity contribution in [1.82, 2.24) is 20.4 Å². The number of rotatable bonds is 7. The lowest BCUT2D eigenvalue weighted by atomic mass is 10.1. The molecule has 25 heavy (non-hydrogen) atoms. The van der Waals surface area contributed by atoms with Crippen molar-refractivity contribution in [3.63, 3.8) is 0 Å². The molecule has 0 unspecified atom stereocenters. The Balaban J connectivity index is 1.58. The average Bonchev–Trinajstić information content (AvgIpc) is 3.26. The number of carbonyl (C=O) groups is 1. The number of nitrogens with one attached hydrogen (secondary N) is 1. The minimum atomic E-state index is 0.00843. The number of halogens is 1. The molecule has 1 atom stereocenters. The van der Waals surface area contributed by atoms with Gasteiger partial charge in [0, 0.05) is 11.6 Å². The largest absolute Gasteiger partial charge is 0.353 e. The Kier molecular flexibility index (Phi) is 6.70. The molecular weight excluding hydrogens is 376 g/mol. The van der Waals surface area contributed by atoms with E-state index in [0.717, 1.165) is 33.0 Å². The Morgan fingerprint density at radius 1 is 1.36 bits per heavy atom. The molecule has 1 aliphatic rings. The van der Waals surface area contributed by atoms with Gasteiger partial charge in [0.15, 0.2) is 4.34 Å². The third kappa shape index (κ3) is 5.17. The lowest BCUT2D eigenvalue weighted by molar-refractivity contribution is -0.118. The Morgan fingerprint density at radius 2 is 2.12 bits per heavy atom. The summed E-state index contributed by atoms with van der Waals surface area (Å²) in [5, 5.41) is 12.7. The highest BCUT2D eigenvalue weighted by molar-refractivity contribution is 8.01. The molecule has 1 amide bonds. The van der Waals surface area contributed by atoms with Crippen LogP contribution < -0.4 is 5.32 Å². The second kappa shape index (κ2) is 8.98. The van der Waals surface area contributed by atoms with Crippen LogP contribution in [0.15, 0.2) is 28.6 Å². The summed E-state index contributed by atoms with van der Waals surface area (Å²) >= 11 is 9.33. The van der Waals surface area contributed by atoms with Crippen molar-refractivity contribution in [2.75, 3.05) is 25.4 Å². The molecule has 0 bridgehead atoms. The van der Waals surface area contributed by atoms with Crippen LogP contribution in [0.1, 0.15) is 29.5 Å². The summed E-state index contributed by atoms with van der Waals surface area (Å²) in [6, 6.07) is 8.02. The second-order valence-electron chi connectivity index (χ2n) is 5.96. The van der Waals surface area contributed by atoms with E-state index in [-0.39, 0.29) is 11.9 Å². The minimum Gasteiger partial charge on any atom is -0.353 e. The van der Waals surface area contributed by atoms with E-state index in [1.807, 2.05) is 25.1 Å². The summed E-state index contributed by atoms with van der Waals surface area (Å²) in [6.45, 7) is 4.57. The summed E-state index contributed by atoms with van der Waals surface area (Å²) < 4.78 is 0.829. The van der Waals surface area contributed by atoms with Gasteiger partial charge < -0.3 is 5.32 Å². The van der Waals surface area contributed by atoms with E-state index in [4.69, 9.17) is 11.6 Å². The molecule has 1 aliphatic heterocycles. The van der Waals surface area contributed by atoms with Gasteiger partial charge in [-0.25, -0.2) is 0 Å². The van der Waals surface area contributed by atoms with E-state index in [0.29, 0.717) is 12.3 Å². The zero-order valence-electron chi connectivity index (χ0n) is 14.1. The van der Waals surface area contributed by atoms with Crippen LogP contribution in [0.25, 0.3) is 0 Å². The normalized spacial score (nSPS) is 16.1. The smallest absolute Gasteiger partial charge is 0.230 e. The van der Waals surface area contributed by atoms with Crippen LogP contribution in [0.5, 0.6) is 0 Å². The average molecular weight is 397 g/mol. The highest BCUT2D eigenvalue weighted by atomic mass is 35.5. The zero-order valence-corrected chi connectivity index (χ0v) is 16.5. The Morgan fingerprint density at radius 3 is 2.80 bits per heavy atom. The van der Waals surface area contributed by atoms with E-state index in [2.05, 4.69) is 26.5 Å². The molecule has 1 aromatic heterocycles. The molecular formula is C17H21ClN4OS2. The van der Waals surface area contributed by atoms with Crippen molar-refractivity contribution < 1.29 is 4.79 Å². The fourth-order valence-electron chi connectivity index (χ4n) is 2.96. The molecule has 0 saturated carbocycles. The maximum absolute atomic E-state index is 12.2. The number of amides is 1. The Labute approximate surface area is 161 Å². The molecule has 0 aliphatic carbocycles. The molecule has 1 N–H and O–H groups in total. The number of hydrogen-bond donors (Lipinski definition) is 1. The summed E-state index contributed by atoms with van der Waals surface area (Å²) in [7, 11) is 0. The van der Waals surface area contributed by atoms with Crippen molar-refractivity contribution in [2.45, 2.75) is 30.1 Å². The van der Waals surface area contributed by atoms with Gasteiger partial charge in [-0.15, -0.1) is 10.2 Å². The van der Waals surface area contributed by atoms with Crippen LogP contribution in [0.2, 0.25) is 5.02 Å². The molecule has 2 aromatic rings. The number of aryl methyl sites for hydroxylation is 1. The van der Waals surface area contributed by atoms with Gasteiger partial charge in [-0.2, -0.15) is 0 Å². The molecule has 1 aromatic carbocycles. The first-order chi connectivity index (χ1) is 12.1. The van der Waals surface area contributed by atoms with Crippen molar-refractivity contribution in [2.24, 2.45) is 0 Å². The highest BCUT2D eigenvalue weighted by Crippen LogP contribution is 2.29. The predicted molar refractivity (Wildman–Crippen MR) is 103 cm³/mol. The molecule has 8 heteroatoms. The second-order valence-corrected chi connectivity index (χ2v) is 8.77. The SMILES string of the molecule is Cc1nnc(SCC(=O)NC[C@H](c2ccccc2Cl)N2CCCC2)s1. The van der Waals surface area contributed by atoms with E-state index >= 15 is 0 Å². The van der Waals surface area contributed by atoms with Crippen molar-refractivity contribution in [1.29, 1.82) is 0 Å². The fourth-order valence-corrected chi connectivity index (χ4v) is 4.87. The predicted octanol–water partition coefficient (Wildman–Crippen LogP) is 3.55. The van der Waals surface area contributed by atoms with Crippen LogP contribution in [-0.4, -0.2) is 46.4 Å². The van der Waals surface area contributed by atoms with Crippen molar-refractivity contribution >= 4 is 40.6 Å². The quantitative estimate of drug-likeness (QED) is 0.725. The molecule has 1 saturated heterocycles. The summed E-state index contributed by atoms with van der Waals surface area (Å²) in [5.74, 6) is 0.359. The van der Waals surface area contributed by atoms with Gasteiger partial charge in [-0.3, -0.25) is 9.69 Å². The molecule has 134 valence electrons. The lowest BCUT2D eigenvalue weighted by Gasteiger charge is -2.28. The number of thioether (sulfide) groups is 1. The van der Waals surface area contributed by atoms with Crippen LogP contribution >= 0.6 is 34.7 Å². The van der Waals surface area contributed by atoms with Gasteiger partial charge >= 0.3 is 0 Å². The molecule has 3 rings (SSSR count). The first-order valence-electron chi connectivity index (χ1n) is 8.31. The van der Waals surface area contributed by atoms with Gasteiger partial charge in [0.2, 0.25) is 5.91 Å². The minimum absolute atomic E-state index is 0.00843. The number of hydrogen-bond acceptors (Lipinski definition) is 6. The molecule has 0 spiro atoms. The lowest BCUT2D eigenvalue weighted by Crippen LogP contribution is -2.37. The third-order valence-corrected chi connectivity index (χ3v) is 6.49. The Hall–Kier alpha value is -1.15. The zero-order chi connectivity index (χ0) is 17.6. The van der Waals surface area contributed by atoms with Gasteiger partial charge in [-0.1, -0.05) is 52.9 Å². The van der Waals surface area contributed by atoms with Crippen LogP contribution in [0.3, 0.4) is 0 Å². The van der Waals surface area contributed by atoms with Crippen LogP contribution in [0.4, 0.5) is 0 Å². The maximum atomic E-state index is 12.2. The topological polar surface area (TPSA) is 58.1 Å². The number of nitrogens with zero attached hydrogens (tertiary/aromatic N) is 3. The van der Waals surface area contributed by atoms with E-state index in [1.165, 1.54) is 35.9 Å². The van der Waals surface area contributed by atoms with Gasteiger partial charge in [0.1, 0.15) is 5.01 Å². The van der Waals surface area contributed by atoms with Crippen LogP contribution in [0, 0.1) is 6.92 Å². The summed E-state index contributed by atoms with van der Waals surface area (Å²) in [6.07, 6.45) is 2.39. The number of benzene rings is 1. The van der Waals surface area contributed by atoms with Crippen molar-refractivity contribution in [3.05, 3.63) is 39.9 Å². The number of aromatic nitrogens is 2. The number of carbonyl (C=O) groups excluding carboxylic acids is 1. The van der Waals surface area contributed by atoms with Crippen LogP contribution in [-0.2, 0) is 4.79 Å². The van der Waals surface area contributed by atoms with Gasteiger partial charge in [0.25, 0.3) is 0 Å². The van der Waals surface area contributed by atoms with E-state index in [1.54, 1.807) is 0 Å². The third-order valence-electron chi connectivity index (χ3n) is 4.17. The first-order valence-corrected chi connectivity index (χ1v) is 10.5. The monoisotopic (exact) mass is 396 g/mol. The maximum Gasteiger partial charge on any atom is 0.230 e. The summed E-state index contributed by atoms with van der Waals surface area (Å²) in [5.41, 5.74) is 1.08. The summed E-state index contributed by atoms with van der Waals surface area (Å²) in [4.78, 5) is 14.6. The highest BCUT2D eigenvalue weighted by Gasteiger charge is 2.25. The van der Waals surface area contributed by atoms with Gasteiger partial charge in [-0.05, 0) is 44.5 Å². The fraction of sp³-hybridized carbons (Fsp3) is 0.471. The van der Waals surface area contributed by atoms with Gasteiger partial charge in [0.05, 0.1) is 11.8 Å². The molecule has 1 fully saturated rings. The number of likely N-dealkylation sites (tertiary alicyclic amines) is 1. The molecule has 0 radical (unpaired) electrons. The first kappa shape index (κ1) is 18.6. The van der Waals surface area contributed by atoms with Crippen molar-refractivity contribution in [3.8, 4) is 0 Å². The van der Waals surface area contributed by atoms with E-state index in [9.17, 15) is 4.79 Å². The Bertz CT molecular complexity index is 718. The molecule has 5 nitrogen and oxygen atoms in total. The standard InChI is InChI=1S/C17H21ClN4OS2/c1-12-20-21-17(25-12)24-11-16(23)19-10-15(22-8-4-5-9-22)13-6-2-3-7-14(13)18/h2-3,6-7,15H,4-5,8-11H2,1H3,(H,19,23)/t15-/m1/s1.